The number of aromatic nitrogens is 5. The van der Waals surface area contributed by atoms with E-state index >= 15 is 0 Å². The van der Waals surface area contributed by atoms with Gasteiger partial charge in [-0.15, -0.1) is 0 Å². The van der Waals surface area contributed by atoms with Crippen LogP contribution < -0.4 is 10.1 Å². The maximum absolute atomic E-state index is 5.77. The van der Waals surface area contributed by atoms with Crippen molar-refractivity contribution in [2.75, 3.05) is 12.4 Å². The van der Waals surface area contributed by atoms with Crippen molar-refractivity contribution >= 4 is 5.82 Å². The van der Waals surface area contributed by atoms with E-state index in [1.165, 1.54) is 11.3 Å². The Kier molecular flexibility index (Phi) is 6.75. The number of nitrogens with one attached hydrogen (secondary N) is 1. The van der Waals surface area contributed by atoms with E-state index in [2.05, 4.69) is 61.0 Å². The number of aryl methyl sites for hydroxylation is 3. The minimum absolute atomic E-state index is 0.277. The lowest BCUT2D eigenvalue weighted by atomic mass is 9.76. The van der Waals surface area contributed by atoms with Crippen molar-refractivity contribution < 1.29 is 9.26 Å². The molecule has 0 saturated heterocycles. The van der Waals surface area contributed by atoms with Gasteiger partial charge in [0.05, 0.1) is 12.8 Å². The molecule has 0 radical (unpaired) electrons. The number of benzene rings is 1. The van der Waals surface area contributed by atoms with Crippen LogP contribution in [0.4, 0.5) is 5.82 Å². The lowest BCUT2D eigenvalue weighted by molar-refractivity contribution is 0.304. The summed E-state index contributed by atoms with van der Waals surface area (Å²) < 4.78 is 13.1. The second kappa shape index (κ2) is 10.00. The number of fused-ring (bicyclic) bond motifs is 1. The van der Waals surface area contributed by atoms with Crippen LogP contribution in [0.25, 0.3) is 23.0 Å². The number of methoxy groups -OCH3 is 1. The average Bonchev–Trinajstić information content (AvgIpc) is 3.51. The zero-order chi connectivity index (χ0) is 26.2. The van der Waals surface area contributed by atoms with Gasteiger partial charge in [0.2, 0.25) is 5.82 Å². The normalized spacial score (nSPS) is 14.4. The Labute approximate surface area is 218 Å². The van der Waals surface area contributed by atoms with E-state index in [0.29, 0.717) is 18.3 Å². The molecule has 8 heteroatoms. The SMILES string of the molecule is CCc1cc(-c2noc(-c3nn(CC)c4c3CCC(C)(C)C4)n2)c(C)nc1NCc1ccc(OC)cc1. The first-order valence-electron chi connectivity index (χ1n) is 13.1. The van der Waals surface area contributed by atoms with Crippen molar-refractivity contribution in [2.24, 2.45) is 5.41 Å². The van der Waals surface area contributed by atoms with Gasteiger partial charge in [0.25, 0.3) is 5.89 Å². The summed E-state index contributed by atoms with van der Waals surface area (Å²) in [5.74, 6) is 2.76. The van der Waals surface area contributed by atoms with E-state index in [1.54, 1.807) is 7.11 Å². The molecule has 4 aromatic rings. The van der Waals surface area contributed by atoms with E-state index in [9.17, 15) is 0 Å². The van der Waals surface area contributed by atoms with Crippen molar-refractivity contribution in [3.8, 4) is 28.7 Å². The molecule has 0 saturated carbocycles. The summed E-state index contributed by atoms with van der Waals surface area (Å²) >= 11 is 0. The first-order valence-corrected chi connectivity index (χ1v) is 13.1. The summed E-state index contributed by atoms with van der Waals surface area (Å²) in [7, 11) is 1.67. The summed E-state index contributed by atoms with van der Waals surface area (Å²) in [5.41, 5.74) is 7.65. The molecule has 0 aliphatic heterocycles. The predicted octanol–water partition coefficient (Wildman–Crippen LogP) is 6.02. The molecule has 0 fully saturated rings. The van der Waals surface area contributed by atoms with E-state index < -0.39 is 0 Å². The summed E-state index contributed by atoms with van der Waals surface area (Å²) in [5, 5.41) is 12.7. The molecule has 0 amide bonds. The molecule has 0 spiro atoms. The van der Waals surface area contributed by atoms with Gasteiger partial charge < -0.3 is 14.6 Å². The first-order chi connectivity index (χ1) is 17.8. The lowest BCUT2D eigenvalue weighted by Crippen LogP contribution is -2.24. The molecule has 1 N–H and O–H groups in total. The number of pyridine rings is 1. The fraction of sp³-hybridized carbons (Fsp3) is 0.448. The fourth-order valence-electron chi connectivity index (χ4n) is 5.09. The molecule has 1 aliphatic carbocycles. The van der Waals surface area contributed by atoms with Crippen molar-refractivity contribution in [2.45, 2.75) is 73.4 Å². The van der Waals surface area contributed by atoms with Gasteiger partial charge in [0, 0.05) is 29.9 Å². The van der Waals surface area contributed by atoms with Crippen LogP contribution in [0.15, 0.2) is 34.9 Å². The van der Waals surface area contributed by atoms with Crippen LogP contribution in [-0.2, 0) is 32.4 Å². The maximum atomic E-state index is 5.77. The van der Waals surface area contributed by atoms with E-state index in [0.717, 1.165) is 71.9 Å². The van der Waals surface area contributed by atoms with Gasteiger partial charge in [-0.1, -0.05) is 38.1 Å². The molecule has 5 rings (SSSR count). The van der Waals surface area contributed by atoms with Crippen molar-refractivity contribution in [1.29, 1.82) is 0 Å². The van der Waals surface area contributed by atoms with Crippen LogP contribution in [0, 0.1) is 12.3 Å². The third-order valence-electron chi connectivity index (χ3n) is 7.33. The number of hydrogen-bond acceptors (Lipinski definition) is 7. The quantitative estimate of drug-likeness (QED) is 0.316. The highest BCUT2D eigenvalue weighted by molar-refractivity contribution is 5.65. The Balaban J connectivity index is 1.41. The third-order valence-corrected chi connectivity index (χ3v) is 7.33. The molecule has 1 aliphatic rings. The molecule has 1 aromatic carbocycles. The van der Waals surface area contributed by atoms with E-state index in [4.69, 9.17) is 24.3 Å². The van der Waals surface area contributed by atoms with Gasteiger partial charge in [0.15, 0.2) is 5.69 Å². The van der Waals surface area contributed by atoms with Crippen LogP contribution in [0.5, 0.6) is 5.75 Å². The van der Waals surface area contributed by atoms with Crippen LogP contribution >= 0.6 is 0 Å². The zero-order valence-corrected chi connectivity index (χ0v) is 22.7. The predicted molar refractivity (Wildman–Crippen MR) is 145 cm³/mol. The van der Waals surface area contributed by atoms with Gasteiger partial charge in [-0.25, -0.2) is 4.98 Å². The van der Waals surface area contributed by atoms with Crippen molar-refractivity contribution in [1.82, 2.24) is 24.9 Å². The minimum atomic E-state index is 0.277. The smallest absolute Gasteiger partial charge is 0.279 e. The lowest BCUT2D eigenvalue weighted by Gasteiger charge is -2.30. The number of hydrogen-bond donors (Lipinski definition) is 1. The topological polar surface area (TPSA) is 90.9 Å². The minimum Gasteiger partial charge on any atom is -0.497 e. The zero-order valence-electron chi connectivity index (χ0n) is 22.7. The van der Waals surface area contributed by atoms with Crippen LogP contribution in [-0.4, -0.2) is 32.0 Å². The number of ether oxygens (including phenoxy) is 1. The maximum Gasteiger partial charge on any atom is 0.279 e. The summed E-state index contributed by atoms with van der Waals surface area (Å²) in [6, 6.07) is 10.2. The molecule has 194 valence electrons. The molecule has 3 aromatic heterocycles. The summed E-state index contributed by atoms with van der Waals surface area (Å²) in [6.45, 7) is 12.4. The molecule has 3 heterocycles. The molecule has 0 unspecified atom stereocenters. The van der Waals surface area contributed by atoms with Crippen LogP contribution in [0.2, 0.25) is 0 Å². The molecule has 8 nitrogen and oxygen atoms in total. The number of nitrogens with zero attached hydrogens (tertiary/aromatic N) is 5. The highest BCUT2D eigenvalue weighted by atomic mass is 16.5. The third kappa shape index (κ3) is 4.97. The second-order valence-electron chi connectivity index (χ2n) is 10.5. The Morgan fingerprint density at radius 3 is 2.62 bits per heavy atom. The molecular formula is C29H36N6O2. The standard InChI is InChI=1S/C29H36N6O2/c1-7-20-15-23(18(3)31-26(20)30-17-19-9-11-21(36-6)12-10-19)27-32-28(37-34-27)25-22-13-14-29(4,5)16-24(22)35(8-2)33-25/h9-12,15H,7-8,13-14,16-17H2,1-6H3,(H,30,31). The van der Waals surface area contributed by atoms with Gasteiger partial charge in [-0.05, 0) is 74.3 Å². The molecule has 37 heavy (non-hydrogen) atoms. The van der Waals surface area contributed by atoms with Gasteiger partial charge >= 0.3 is 0 Å². The number of anilines is 1. The van der Waals surface area contributed by atoms with Crippen LogP contribution in [0.3, 0.4) is 0 Å². The molecular weight excluding hydrogens is 464 g/mol. The van der Waals surface area contributed by atoms with Gasteiger partial charge in [0.1, 0.15) is 11.6 Å². The van der Waals surface area contributed by atoms with Gasteiger partial charge in [-0.3, -0.25) is 4.68 Å². The Bertz CT molecular complexity index is 1400. The highest BCUT2D eigenvalue weighted by Gasteiger charge is 2.32. The Morgan fingerprint density at radius 1 is 1.14 bits per heavy atom. The monoisotopic (exact) mass is 500 g/mol. The molecule has 0 atom stereocenters. The van der Waals surface area contributed by atoms with Gasteiger partial charge in [-0.2, -0.15) is 10.1 Å². The first kappa shape index (κ1) is 25.0. The highest BCUT2D eigenvalue weighted by Crippen LogP contribution is 2.39. The summed E-state index contributed by atoms with van der Waals surface area (Å²) in [4.78, 5) is 9.67. The molecule has 0 bridgehead atoms. The summed E-state index contributed by atoms with van der Waals surface area (Å²) in [6.07, 6.45) is 3.94. The number of rotatable bonds is 8. The average molecular weight is 501 g/mol. The largest absolute Gasteiger partial charge is 0.497 e. The van der Waals surface area contributed by atoms with E-state index in [-0.39, 0.29) is 5.41 Å². The Hall–Kier alpha value is -3.68. The second-order valence-corrected chi connectivity index (χ2v) is 10.5. The van der Waals surface area contributed by atoms with Crippen molar-refractivity contribution in [3.63, 3.8) is 0 Å². The van der Waals surface area contributed by atoms with Crippen molar-refractivity contribution in [3.05, 3.63) is 58.4 Å². The van der Waals surface area contributed by atoms with E-state index in [1.807, 2.05) is 19.1 Å². The Morgan fingerprint density at radius 2 is 1.92 bits per heavy atom. The fourth-order valence-corrected chi connectivity index (χ4v) is 5.09. The van der Waals surface area contributed by atoms with Crippen LogP contribution in [0.1, 0.15) is 62.2 Å².